The molecule has 0 aliphatic heterocycles. The lowest BCUT2D eigenvalue weighted by atomic mass is 10.0. The maximum atomic E-state index is 11.5. The normalized spacial score (nSPS) is 11.8. The van der Waals surface area contributed by atoms with Gasteiger partial charge >= 0.3 is 6.16 Å². The highest BCUT2D eigenvalue weighted by Gasteiger charge is 2.18. The van der Waals surface area contributed by atoms with Gasteiger partial charge in [-0.25, -0.2) is 4.79 Å². The lowest BCUT2D eigenvalue weighted by molar-refractivity contribution is -0.00609. The molecule has 0 saturated heterocycles. The molecule has 0 bridgehead atoms. The van der Waals surface area contributed by atoms with Gasteiger partial charge in [-0.1, -0.05) is 47.6 Å². The van der Waals surface area contributed by atoms with Crippen molar-refractivity contribution in [2.45, 2.75) is 26.4 Å². The third-order valence-electron chi connectivity index (χ3n) is 2.75. The van der Waals surface area contributed by atoms with E-state index >= 15 is 0 Å². The quantitative estimate of drug-likeness (QED) is 0.363. The van der Waals surface area contributed by atoms with Crippen LogP contribution in [0.3, 0.4) is 0 Å². The van der Waals surface area contributed by atoms with E-state index < -0.39 is 11.8 Å². The second-order valence-electron chi connectivity index (χ2n) is 5.63. The van der Waals surface area contributed by atoms with Gasteiger partial charge in [0, 0.05) is 5.56 Å². The first-order chi connectivity index (χ1) is 10.4. The number of carbonyl (C=O) groups is 1. The lowest BCUT2D eigenvalue weighted by Gasteiger charge is -2.17. The molecular formula is C17H16N2O3. The molecule has 5 heteroatoms. The van der Waals surface area contributed by atoms with Gasteiger partial charge in [-0.2, -0.15) is 5.26 Å². The number of benzene rings is 2. The van der Waals surface area contributed by atoms with Crippen molar-refractivity contribution in [1.29, 1.82) is 5.26 Å². The van der Waals surface area contributed by atoms with Gasteiger partial charge in [0.2, 0.25) is 0 Å². The molecule has 0 aliphatic rings. The minimum atomic E-state index is -0.944. The van der Waals surface area contributed by atoms with Crippen molar-refractivity contribution in [2.24, 2.45) is 5.16 Å². The van der Waals surface area contributed by atoms with Crippen LogP contribution in [0.2, 0.25) is 0 Å². The van der Waals surface area contributed by atoms with Crippen molar-refractivity contribution >= 4 is 22.6 Å². The van der Waals surface area contributed by atoms with Gasteiger partial charge in [-0.3, -0.25) is 4.84 Å². The van der Waals surface area contributed by atoms with Gasteiger partial charge in [0.1, 0.15) is 11.7 Å². The average Bonchev–Trinajstić information content (AvgIpc) is 2.46. The maximum Gasteiger partial charge on any atom is 0.535 e. The second-order valence-corrected chi connectivity index (χ2v) is 5.63. The minimum absolute atomic E-state index is 0.0164. The summed E-state index contributed by atoms with van der Waals surface area (Å²) in [5, 5.41) is 14.7. The monoisotopic (exact) mass is 296 g/mol. The molecule has 0 unspecified atom stereocenters. The molecule has 0 fully saturated rings. The standard InChI is InChI=1S/C17H16N2O3/c1-17(2,3)21-16(20)22-19-15(11-18)14-10-6-8-12-7-4-5-9-13(12)14/h4-10H,1-3H3/b19-15-. The fraction of sp³-hybridized carbons (Fsp3) is 0.235. The number of fused-ring (bicyclic) bond motifs is 1. The number of nitrogens with zero attached hydrogens (tertiary/aromatic N) is 2. The van der Waals surface area contributed by atoms with E-state index in [1.54, 1.807) is 26.8 Å². The predicted octanol–water partition coefficient (Wildman–Crippen LogP) is 4.02. The Morgan fingerprint density at radius 1 is 1.14 bits per heavy atom. The highest BCUT2D eigenvalue weighted by atomic mass is 16.8. The van der Waals surface area contributed by atoms with Crippen molar-refractivity contribution in [2.75, 3.05) is 0 Å². The third-order valence-corrected chi connectivity index (χ3v) is 2.75. The van der Waals surface area contributed by atoms with Crippen LogP contribution in [0.5, 0.6) is 0 Å². The number of hydrogen-bond acceptors (Lipinski definition) is 5. The van der Waals surface area contributed by atoms with Crippen molar-refractivity contribution in [3.63, 3.8) is 0 Å². The topological polar surface area (TPSA) is 71.7 Å². The number of oxime groups is 1. The molecule has 112 valence electrons. The Hall–Kier alpha value is -2.87. The summed E-state index contributed by atoms with van der Waals surface area (Å²) in [4.78, 5) is 16.2. The third kappa shape index (κ3) is 3.83. The van der Waals surface area contributed by atoms with Crippen LogP contribution in [0.1, 0.15) is 26.3 Å². The van der Waals surface area contributed by atoms with Crippen molar-refractivity contribution < 1.29 is 14.4 Å². The summed E-state index contributed by atoms with van der Waals surface area (Å²) in [6.07, 6.45) is -0.944. The summed E-state index contributed by atoms with van der Waals surface area (Å²) >= 11 is 0. The number of ether oxygens (including phenoxy) is 1. The number of carbonyl (C=O) groups excluding carboxylic acids is 1. The van der Waals surface area contributed by atoms with E-state index in [1.165, 1.54) is 0 Å². The molecule has 2 rings (SSSR count). The number of nitriles is 1. The zero-order valence-corrected chi connectivity index (χ0v) is 12.7. The maximum absolute atomic E-state index is 11.5. The summed E-state index contributed by atoms with van der Waals surface area (Å²) in [5.41, 5.74) is -0.0643. The van der Waals surface area contributed by atoms with E-state index in [2.05, 4.69) is 9.99 Å². The molecule has 0 saturated carbocycles. The Kier molecular flexibility index (Phi) is 4.42. The van der Waals surface area contributed by atoms with E-state index in [-0.39, 0.29) is 5.71 Å². The Bertz CT molecular complexity index is 762. The average molecular weight is 296 g/mol. The predicted molar refractivity (Wildman–Crippen MR) is 83.4 cm³/mol. The van der Waals surface area contributed by atoms with Crippen LogP contribution < -0.4 is 0 Å². The molecule has 0 spiro atoms. The van der Waals surface area contributed by atoms with Gasteiger partial charge in [0.25, 0.3) is 0 Å². The molecule has 5 nitrogen and oxygen atoms in total. The largest absolute Gasteiger partial charge is 0.535 e. The van der Waals surface area contributed by atoms with E-state index in [0.29, 0.717) is 5.56 Å². The van der Waals surface area contributed by atoms with Crippen LogP contribution in [-0.4, -0.2) is 17.5 Å². The molecule has 0 aromatic heterocycles. The summed E-state index contributed by atoms with van der Waals surface area (Å²) in [7, 11) is 0. The van der Waals surface area contributed by atoms with Crippen LogP contribution in [-0.2, 0) is 9.57 Å². The lowest BCUT2D eigenvalue weighted by Crippen LogP contribution is -2.23. The highest BCUT2D eigenvalue weighted by molar-refractivity contribution is 6.18. The Morgan fingerprint density at radius 2 is 1.82 bits per heavy atom. The Labute approximate surface area is 128 Å². The summed E-state index contributed by atoms with van der Waals surface area (Å²) in [6, 6.07) is 15.0. The molecule has 2 aromatic rings. The van der Waals surface area contributed by atoms with E-state index in [4.69, 9.17) is 4.74 Å². The molecule has 0 amide bonds. The van der Waals surface area contributed by atoms with E-state index in [1.807, 2.05) is 42.5 Å². The smallest absolute Gasteiger partial charge is 0.427 e. The Morgan fingerprint density at radius 3 is 2.50 bits per heavy atom. The molecule has 0 atom stereocenters. The van der Waals surface area contributed by atoms with Crippen LogP contribution in [0.15, 0.2) is 47.6 Å². The van der Waals surface area contributed by atoms with E-state index in [9.17, 15) is 10.1 Å². The minimum Gasteiger partial charge on any atom is -0.427 e. The first kappa shape index (κ1) is 15.5. The summed E-state index contributed by atoms with van der Waals surface area (Å²) in [6.45, 7) is 5.15. The van der Waals surface area contributed by atoms with Crippen LogP contribution in [0.4, 0.5) is 4.79 Å². The molecule has 22 heavy (non-hydrogen) atoms. The first-order valence-corrected chi connectivity index (χ1v) is 6.77. The van der Waals surface area contributed by atoms with E-state index in [0.717, 1.165) is 10.8 Å². The summed E-state index contributed by atoms with van der Waals surface area (Å²) in [5.74, 6) is 0. The first-order valence-electron chi connectivity index (χ1n) is 6.77. The molecule has 0 aliphatic carbocycles. The number of hydrogen-bond donors (Lipinski definition) is 0. The Balaban J connectivity index is 2.30. The van der Waals surface area contributed by atoms with Gasteiger partial charge in [-0.15, -0.1) is 0 Å². The SMILES string of the molecule is CC(C)(C)OC(=O)O/N=C(/C#N)c1cccc2ccccc12. The highest BCUT2D eigenvalue weighted by Crippen LogP contribution is 2.19. The fourth-order valence-electron chi connectivity index (χ4n) is 1.91. The number of rotatable bonds is 2. The molecule has 0 N–H and O–H groups in total. The zero-order chi connectivity index (χ0) is 16.2. The molecule has 0 heterocycles. The van der Waals surface area contributed by atoms with Crippen LogP contribution >= 0.6 is 0 Å². The molecule has 0 radical (unpaired) electrons. The van der Waals surface area contributed by atoms with Crippen LogP contribution in [0, 0.1) is 11.3 Å². The van der Waals surface area contributed by atoms with Gasteiger partial charge in [-0.05, 0) is 31.5 Å². The van der Waals surface area contributed by atoms with Crippen molar-refractivity contribution in [3.05, 3.63) is 48.0 Å². The van der Waals surface area contributed by atoms with Gasteiger partial charge in [0.05, 0.1) is 0 Å². The van der Waals surface area contributed by atoms with Crippen molar-refractivity contribution in [3.8, 4) is 6.07 Å². The van der Waals surface area contributed by atoms with Crippen LogP contribution in [0.25, 0.3) is 10.8 Å². The zero-order valence-electron chi connectivity index (χ0n) is 12.7. The molecular weight excluding hydrogens is 280 g/mol. The molecule has 2 aromatic carbocycles. The van der Waals surface area contributed by atoms with Crippen molar-refractivity contribution in [1.82, 2.24) is 0 Å². The summed E-state index contributed by atoms with van der Waals surface area (Å²) < 4.78 is 4.98. The second kappa shape index (κ2) is 6.27. The fourth-order valence-corrected chi connectivity index (χ4v) is 1.91. The van der Waals surface area contributed by atoms with Gasteiger partial charge in [0.15, 0.2) is 5.71 Å². The van der Waals surface area contributed by atoms with Gasteiger partial charge < -0.3 is 4.74 Å².